The van der Waals surface area contributed by atoms with Crippen LogP contribution in [-0.4, -0.2) is 55.9 Å². The molecule has 1 fully saturated rings. The molecule has 0 aromatic heterocycles. The molecule has 0 radical (unpaired) electrons. The van der Waals surface area contributed by atoms with Gasteiger partial charge in [0, 0.05) is 30.9 Å². The Balaban J connectivity index is 2.10. The summed E-state index contributed by atoms with van der Waals surface area (Å²) >= 11 is 1.80. The SMILES string of the molecule is CCNC(=NCc1cccc(S(=O)(=O)N2CCCCC2)c1)NCC(C)(C)SC. The van der Waals surface area contributed by atoms with Crippen LogP contribution in [0.5, 0.6) is 0 Å². The molecule has 0 saturated carbocycles. The van der Waals surface area contributed by atoms with Gasteiger partial charge in [-0.1, -0.05) is 18.6 Å². The average molecular weight is 427 g/mol. The molecular formula is C20H34N4O2S2. The third-order valence-corrected chi connectivity index (χ3v) is 7.99. The maximum Gasteiger partial charge on any atom is 0.243 e. The van der Waals surface area contributed by atoms with Crippen LogP contribution < -0.4 is 10.6 Å². The number of rotatable bonds is 8. The lowest BCUT2D eigenvalue weighted by molar-refractivity contribution is 0.346. The first kappa shape index (κ1) is 23.0. The zero-order chi connectivity index (χ0) is 20.6. The molecule has 0 bridgehead atoms. The van der Waals surface area contributed by atoms with E-state index in [1.807, 2.05) is 13.0 Å². The lowest BCUT2D eigenvalue weighted by Gasteiger charge is -2.26. The van der Waals surface area contributed by atoms with Crippen molar-refractivity contribution in [2.75, 3.05) is 32.4 Å². The molecule has 0 unspecified atom stereocenters. The van der Waals surface area contributed by atoms with E-state index >= 15 is 0 Å². The predicted molar refractivity (Wildman–Crippen MR) is 119 cm³/mol. The van der Waals surface area contributed by atoms with Gasteiger partial charge in [0.25, 0.3) is 0 Å². The summed E-state index contributed by atoms with van der Waals surface area (Å²) in [6, 6.07) is 7.16. The minimum Gasteiger partial charge on any atom is -0.357 e. The molecule has 6 nitrogen and oxygen atoms in total. The van der Waals surface area contributed by atoms with E-state index in [4.69, 9.17) is 0 Å². The third kappa shape index (κ3) is 6.67. The van der Waals surface area contributed by atoms with Gasteiger partial charge in [-0.2, -0.15) is 16.1 Å². The summed E-state index contributed by atoms with van der Waals surface area (Å²) in [5.41, 5.74) is 0.888. The first-order valence-electron chi connectivity index (χ1n) is 9.95. The van der Waals surface area contributed by atoms with Crippen molar-refractivity contribution in [2.24, 2.45) is 4.99 Å². The second-order valence-corrected chi connectivity index (χ2v) is 11.1. The van der Waals surface area contributed by atoms with Gasteiger partial charge in [0.2, 0.25) is 10.0 Å². The smallest absolute Gasteiger partial charge is 0.243 e. The molecule has 0 atom stereocenters. The number of hydrogen-bond donors (Lipinski definition) is 2. The van der Waals surface area contributed by atoms with Crippen LogP contribution in [0.3, 0.4) is 0 Å². The molecule has 28 heavy (non-hydrogen) atoms. The number of piperidine rings is 1. The second-order valence-electron chi connectivity index (χ2n) is 7.62. The first-order valence-corrected chi connectivity index (χ1v) is 12.6. The lowest BCUT2D eigenvalue weighted by atomic mass is 10.2. The molecule has 0 amide bonds. The van der Waals surface area contributed by atoms with E-state index in [1.54, 1.807) is 34.3 Å². The highest BCUT2D eigenvalue weighted by Gasteiger charge is 2.25. The minimum absolute atomic E-state index is 0.110. The maximum absolute atomic E-state index is 12.9. The van der Waals surface area contributed by atoms with Crippen molar-refractivity contribution in [1.82, 2.24) is 14.9 Å². The summed E-state index contributed by atoms with van der Waals surface area (Å²) in [7, 11) is -3.42. The van der Waals surface area contributed by atoms with Crippen molar-refractivity contribution >= 4 is 27.7 Å². The van der Waals surface area contributed by atoms with Crippen LogP contribution >= 0.6 is 11.8 Å². The fourth-order valence-corrected chi connectivity index (χ4v) is 4.74. The number of hydrogen-bond acceptors (Lipinski definition) is 4. The maximum atomic E-state index is 12.9. The Morgan fingerprint density at radius 2 is 1.93 bits per heavy atom. The van der Waals surface area contributed by atoms with E-state index in [0.717, 1.165) is 43.9 Å². The van der Waals surface area contributed by atoms with Crippen LogP contribution in [0.1, 0.15) is 45.6 Å². The highest BCUT2D eigenvalue weighted by atomic mass is 32.2. The van der Waals surface area contributed by atoms with Crippen molar-refractivity contribution < 1.29 is 8.42 Å². The fourth-order valence-electron chi connectivity index (χ4n) is 2.94. The van der Waals surface area contributed by atoms with Crippen LogP contribution in [0.25, 0.3) is 0 Å². The average Bonchev–Trinajstić information content (AvgIpc) is 2.71. The van der Waals surface area contributed by atoms with Gasteiger partial charge in [0.1, 0.15) is 0 Å². The Morgan fingerprint density at radius 1 is 1.21 bits per heavy atom. The van der Waals surface area contributed by atoms with E-state index in [-0.39, 0.29) is 4.75 Å². The van der Waals surface area contributed by atoms with Gasteiger partial charge in [0.15, 0.2) is 5.96 Å². The van der Waals surface area contributed by atoms with Crippen LogP contribution in [0.4, 0.5) is 0 Å². The van der Waals surface area contributed by atoms with Gasteiger partial charge in [-0.25, -0.2) is 13.4 Å². The second kappa shape index (κ2) is 10.5. The number of guanidine groups is 1. The summed E-state index contributed by atoms with van der Waals surface area (Å²) in [4.78, 5) is 5.00. The molecule has 2 N–H and O–H groups in total. The number of aliphatic imine (C=N–C) groups is 1. The van der Waals surface area contributed by atoms with Crippen LogP contribution in [-0.2, 0) is 16.6 Å². The number of sulfonamides is 1. The zero-order valence-electron chi connectivity index (χ0n) is 17.5. The van der Waals surface area contributed by atoms with Gasteiger partial charge >= 0.3 is 0 Å². The fraction of sp³-hybridized carbons (Fsp3) is 0.650. The number of thioether (sulfide) groups is 1. The molecule has 2 rings (SSSR count). The van der Waals surface area contributed by atoms with E-state index < -0.39 is 10.0 Å². The predicted octanol–water partition coefficient (Wildman–Crippen LogP) is 3.06. The van der Waals surface area contributed by atoms with Crippen LogP contribution in [0.15, 0.2) is 34.2 Å². The molecular weight excluding hydrogens is 392 g/mol. The summed E-state index contributed by atoms with van der Waals surface area (Å²) in [5, 5.41) is 6.62. The molecule has 8 heteroatoms. The topological polar surface area (TPSA) is 73.8 Å². The van der Waals surface area contributed by atoms with Gasteiger partial charge in [-0.15, -0.1) is 0 Å². The Bertz CT molecular complexity index is 757. The molecule has 0 spiro atoms. The molecule has 1 heterocycles. The largest absolute Gasteiger partial charge is 0.357 e. The van der Waals surface area contributed by atoms with Crippen molar-refractivity contribution in [3.8, 4) is 0 Å². The monoisotopic (exact) mass is 426 g/mol. The lowest BCUT2D eigenvalue weighted by Crippen LogP contribution is -2.43. The third-order valence-electron chi connectivity index (χ3n) is 4.85. The summed E-state index contributed by atoms with van der Waals surface area (Å²) in [6.07, 6.45) is 5.08. The molecule has 1 aliphatic heterocycles. The Hall–Kier alpha value is -1.25. The van der Waals surface area contributed by atoms with E-state index in [1.165, 1.54) is 0 Å². The molecule has 1 aromatic rings. The first-order chi connectivity index (χ1) is 13.3. The van der Waals surface area contributed by atoms with Gasteiger partial charge in [-0.05, 0) is 57.6 Å². The Labute approximate surface area is 174 Å². The molecule has 0 aliphatic carbocycles. The van der Waals surface area contributed by atoms with E-state index in [0.29, 0.717) is 24.5 Å². The minimum atomic E-state index is -3.42. The number of benzene rings is 1. The summed E-state index contributed by atoms with van der Waals surface area (Å²) < 4.78 is 27.5. The molecule has 1 saturated heterocycles. The van der Waals surface area contributed by atoms with Crippen molar-refractivity contribution in [1.29, 1.82) is 0 Å². The Morgan fingerprint density at radius 3 is 2.57 bits per heavy atom. The van der Waals surface area contributed by atoms with Crippen molar-refractivity contribution in [3.05, 3.63) is 29.8 Å². The van der Waals surface area contributed by atoms with E-state index in [9.17, 15) is 8.42 Å². The van der Waals surface area contributed by atoms with Gasteiger partial charge < -0.3 is 10.6 Å². The summed E-state index contributed by atoms with van der Waals surface area (Å²) in [5.74, 6) is 0.744. The van der Waals surface area contributed by atoms with Crippen LogP contribution in [0.2, 0.25) is 0 Å². The van der Waals surface area contributed by atoms with Crippen molar-refractivity contribution in [3.63, 3.8) is 0 Å². The molecule has 158 valence electrons. The molecule has 1 aromatic carbocycles. The van der Waals surface area contributed by atoms with E-state index in [2.05, 4.69) is 35.7 Å². The highest BCUT2D eigenvalue weighted by Crippen LogP contribution is 2.22. The Kier molecular flexibility index (Phi) is 8.64. The normalized spacial score (nSPS) is 16.8. The van der Waals surface area contributed by atoms with Gasteiger partial charge in [-0.3, -0.25) is 0 Å². The zero-order valence-corrected chi connectivity index (χ0v) is 19.1. The quantitative estimate of drug-likeness (QED) is 0.494. The number of nitrogens with zero attached hydrogens (tertiary/aromatic N) is 2. The van der Waals surface area contributed by atoms with Crippen LogP contribution in [0, 0.1) is 0 Å². The highest BCUT2D eigenvalue weighted by molar-refractivity contribution is 7.99. The summed E-state index contributed by atoms with van der Waals surface area (Å²) in [6.45, 7) is 9.63. The molecule has 1 aliphatic rings. The number of nitrogens with one attached hydrogen (secondary N) is 2. The van der Waals surface area contributed by atoms with Crippen molar-refractivity contribution in [2.45, 2.75) is 56.2 Å². The van der Waals surface area contributed by atoms with Gasteiger partial charge in [0.05, 0.1) is 11.4 Å². The standard InChI is InChI=1S/C20H34N4O2S2/c1-5-21-19(23-16-20(2,3)27-4)22-15-17-10-9-11-18(14-17)28(25,26)24-12-7-6-8-13-24/h9-11,14H,5-8,12-13,15-16H2,1-4H3,(H2,21,22,23).